The molecule has 2 atom stereocenters. The van der Waals surface area contributed by atoms with Gasteiger partial charge >= 0.3 is 6.03 Å². The maximum Gasteiger partial charge on any atom is 0.321 e. The zero-order valence-corrected chi connectivity index (χ0v) is 11.8. The Morgan fingerprint density at radius 3 is 2.72 bits per heavy atom. The molecule has 106 valence electrons. The molecule has 1 heterocycles. The highest BCUT2D eigenvalue weighted by Gasteiger charge is 2.26. The lowest BCUT2D eigenvalue weighted by Crippen LogP contribution is -2.54. The summed E-state index contributed by atoms with van der Waals surface area (Å²) in [5.41, 5.74) is 5.86. The number of nitrogens with one attached hydrogen (secondary N) is 2. The van der Waals surface area contributed by atoms with Crippen molar-refractivity contribution in [3.63, 3.8) is 0 Å². The molecule has 0 radical (unpaired) electrons. The van der Waals surface area contributed by atoms with E-state index in [1.54, 1.807) is 13.8 Å². The van der Waals surface area contributed by atoms with Gasteiger partial charge in [0.1, 0.15) is 0 Å². The zero-order valence-electron chi connectivity index (χ0n) is 10.9. The molecule has 0 saturated carbocycles. The van der Waals surface area contributed by atoms with Gasteiger partial charge in [-0.05, 0) is 33.2 Å². The Morgan fingerprint density at radius 2 is 2.17 bits per heavy atom. The topological polar surface area (TPSA) is 87.5 Å². The molecule has 6 nitrogen and oxygen atoms in total. The molecule has 4 N–H and O–H groups in total. The lowest BCUT2D eigenvalue weighted by molar-refractivity contribution is -0.125. The number of urea groups is 1. The number of nitrogens with zero attached hydrogens (tertiary/aromatic N) is 1. The normalized spacial score (nSPS) is 21.6. The summed E-state index contributed by atoms with van der Waals surface area (Å²) in [5.74, 6) is -0.273. The Labute approximate surface area is 114 Å². The average Bonchev–Trinajstić information content (AvgIpc) is 2.28. The number of halogens is 1. The second-order valence-electron chi connectivity index (χ2n) is 4.42. The molecule has 18 heavy (non-hydrogen) atoms. The van der Waals surface area contributed by atoms with Gasteiger partial charge in [-0.25, -0.2) is 4.79 Å². The lowest BCUT2D eigenvalue weighted by atomic mass is 10.0. The Kier molecular flexibility index (Phi) is 7.90. The van der Waals surface area contributed by atoms with Crippen LogP contribution in [0.3, 0.4) is 0 Å². The van der Waals surface area contributed by atoms with Crippen LogP contribution in [0.15, 0.2) is 0 Å². The Balaban J connectivity index is 0.00000289. The van der Waals surface area contributed by atoms with Crippen molar-refractivity contribution < 1.29 is 9.59 Å². The molecule has 1 fully saturated rings. The van der Waals surface area contributed by atoms with Crippen LogP contribution in [0, 0.1) is 0 Å². The van der Waals surface area contributed by atoms with Gasteiger partial charge in [0.2, 0.25) is 5.91 Å². The van der Waals surface area contributed by atoms with Crippen LogP contribution in [0.4, 0.5) is 4.79 Å². The minimum absolute atomic E-state index is 0. The van der Waals surface area contributed by atoms with Gasteiger partial charge < -0.3 is 11.1 Å². The van der Waals surface area contributed by atoms with Gasteiger partial charge in [0.25, 0.3) is 0 Å². The summed E-state index contributed by atoms with van der Waals surface area (Å²) in [6, 6.07) is -0.627. The van der Waals surface area contributed by atoms with E-state index in [2.05, 4.69) is 10.6 Å². The van der Waals surface area contributed by atoms with Gasteiger partial charge in [-0.3, -0.25) is 15.0 Å². The van der Waals surface area contributed by atoms with Crippen molar-refractivity contribution >= 4 is 24.3 Å². The van der Waals surface area contributed by atoms with Gasteiger partial charge in [-0.2, -0.15) is 0 Å². The van der Waals surface area contributed by atoms with Crippen LogP contribution in [0.5, 0.6) is 0 Å². The SMILES string of the molecule is CCNC(=O)NC(=O)C(C)N1CCC[C@@H](N)C1.Cl. The molecule has 0 aliphatic carbocycles. The summed E-state index contributed by atoms with van der Waals surface area (Å²) < 4.78 is 0. The number of carbonyl (C=O) groups is 2. The molecule has 0 aromatic rings. The average molecular weight is 279 g/mol. The van der Waals surface area contributed by atoms with Crippen LogP contribution in [0.1, 0.15) is 26.7 Å². The fraction of sp³-hybridized carbons (Fsp3) is 0.818. The minimum Gasteiger partial charge on any atom is -0.338 e. The first kappa shape index (κ1) is 17.2. The van der Waals surface area contributed by atoms with Crippen LogP contribution in [-0.2, 0) is 4.79 Å². The summed E-state index contributed by atoms with van der Waals surface area (Å²) in [6.45, 7) is 5.67. The summed E-state index contributed by atoms with van der Waals surface area (Å²) in [5, 5.41) is 4.85. The number of rotatable bonds is 3. The Hall–Kier alpha value is -0.850. The first-order valence-corrected chi connectivity index (χ1v) is 6.13. The van der Waals surface area contributed by atoms with Crippen molar-refractivity contribution in [2.24, 2.45) is 5.73 Å². The van der Waals surface area contributed by atoms with E-state index in [1.807, 2.05) is 4.90 Å². The number of amides is 3. The van der Waals surface area contributed by atoms with E-state index < -0.39 is 6.03 Å². The minimum atomic E-state index is -0.439. The number of hydrogen-bond acceptors (Lipinski definition) is 4. The molecule has 1 unspecified atom stereocenters. The van der Waals surface area contributed by atoms with Crippen LogP contribution in [0.25, 0.3) is 0 Å². The molecule has 7 heteroatoms. The van der Waals surface area contributed by atoms with E-state index in [0.29, 0.717) is 13.1 Å². The molecule has 0 bridgehead atoms. The van der Waals surface area contributed by atoms with E-state index >= 15 is 0 Å². The van der Waals surface area contributed by atoms with Gasteiger partial charge in [-0.1, -0.05) is 0 Å². The molecular formula is C11H23ClN4O2. The van der Waals surface area contributed by atoms with Gasteiger partial charge in [0.05, 0.1) is 6.04 Å². The number of carbonyl (C=O) groups excluding carboxylic acids is 2. The lowest BCUT2D eigenvalue weighted by Gasteiger charge is -2.34. The van der Waals surface area contributed by atoms with Crippen molar-refractivity contribution in [3.8, 4) is 0 Å². The van der Waals surface area contributed by atoms with Gasteiger partial charge in [0, 0.05) is 19.1 Å². The maximum absolute atomic E-state index is 11.8. The van der Waals surface area contributed by atoms with E-state index in [0.717, 1.165) is 19.4 Å². The van der Waals surface area contributed by atoms with E-state index in [4.69, 9.17) is 5.73 Å². The van der Waals surface area contributed by atoms with Crippen molar-refractivity contribution in [1.29, 1.82) is 0 Å². The van der Waals surface area contributed by atoms with Crippen LogP contribution < -0.4 is 16.4 Å². The molecule has 1 rings (SSSR count). The maximum atomic E-state index is 11.8. The second kappa shape index (κ2) is 8.29. The summed E-state index contributed by atoms with van der Waals surface area (Å²) in [4.78, 5) is 25.0. The Morgan fingerprint density at radius 1 is 1.50 bits per heavy atom. The molecule has 0 aromatic carbocycles. The van der Waals surface area contributed by atoms with Crippen molar-refractivity contribution in [1.82, 2.24) is 15.5 Å². The predicted octanol–water partition coefficient (Wildman–Crippen LogP) is 0.0655. The van der Waals surface area contributed by atoms with Gasteiger partial charge in [0.15, 0.2) is 0 Å². The molecule has 0 spiro atoms. The highest BCUT2D eigenvalue weighted by atomic mass is 35.5. The number of piperidine rings is 1. The van der Waals surface area contributed by atoms with Crippen molar-refractivity contribution in [2.75, 3.05) is 19.6 Å². The molecule has 1 saturated heterocycles. The first-order valence-electron chi connectivity index (χ1n) is 6.13. The Bertz CT molecular complexity index is 288. The van der Waals surface area contributed by atoms with E-state index in [9.17, 15) is 9.59 Å². The second-order valence-corrected chi connectivity index (χ2v) is 4.42. The summed E-state index contributed by atoms with van der Waals surface area (Å²) in [6.07, 6.45) is 2.00. The molecule has 1 aliphatic heterocycles. The van der Waals surface area contributed by atoms with Crippen molar-refractivity contribution in [2.45, 2.75) is 38.8 Å². The summed E-state index contributed by atoms with van der Waals surface area (Å²) in [7, 11) is 0. The van der Waals surface area contributed by atoms with E-state index in [1.165, 1.54) is 0 Å². The van der Waals surface area contributed by atoms with Gasteiger partial charge in [-0.15, -0.1) is 12.4 Å². The third kappa shape index (κ3) is 5.20. The number of hydrogen-bond donors (Lipinski definition) is 3. The van der Waals surface area contributed by atoms with Crippen molar-refractivity contribution in [3.05, 3.63) is 0 Å². The zero-order chi connectivity index (χ0) is 12.8. The van der Waals surface area contributed by atoms with Crippen LogP contribution >= 0.6 is 12.4 Å². The monoisotopic (exact) mass is 278 g/mol. The van der Waals surface area contributed by atoms with Crippen LogP contribution in [0.2, 0.25) is 0 Å². The number of likely N-dealkylation sites (tertiary alicyclic amines) is 1. The third-order valence-electron chi connectivity index (χ3n) is 2.99. The largest absolute Gasteiger partial charge is 0.338 e. The highest BCUT2D eigenvalue weighted by Crippen LogP contribution is 2.11. The summed E-state index contributed by atoms with van der Waals surface area (Å²) >= 11 is 0. The molecule has 1 aliphatic rings. The quantitative estimate of drug-likeness (QED) is 0.682. The van der Waals surface area contributed by atoms with Crippen LogP contribution in [-0.4, -0.2) is 48.6 Å². The molecule has 3 amide bonds. The highest BCUT2D eigenvalue weighted by molar-refractivity contribution is 5.96. The third-order valence-corrected chi connectivity index (χ3v) is 2.99. The number of nitrogens with two attached hydrogens (primary N) is 1. The number of imide groups is 1. The smallest absolute Gasteiger partial charge is 0.321 e. The first-order chi connectivity index (χ1) is 8.04. The predicted molar refractivity (Wildman–Crippen MR) is 72.7 cm³/mol. The molecular weight excluding hydrogens is 256 g/mol. The van der Waals surface area contributed by atoms with E-state index in [-0.39, 0.29) is 30.4 Å². The standard InChI is InChI=1S/C11H22N4O2.ClH/c1-3-13-11(17)14-10(16)8(2)15-6-4-5-9(12)7-15;/h8-9H,3-7,12H2,1-2H3,(H2,13,14,16,17);1H/t8?,9-;/m1./s1. The molecule has 0 aromatic heterocycles. The fourth-order valence-corrected chi connectivity index (χ4v) is 1.98. The fourth-order valence-electron chi connectivity index (χ4n) is 1.98.